The van der Waals surface area contributed by atoms with E-state index < -0.39 is 0 Å². The predicted molar refractivity (Wildman–Crippen MR) is 117 cm³/mol. The number of ether oxygens (including phenoxy) is 1. The fourth-order valence-corrected chi connectivity index (χ4v) is 3.78. The van der Waals surface area contributed by atoms with Gasteiger partial charge in [0.1, 0.15) is 18.2 Å². The van der Waals surface area contributed by atoms with E-state index in [1.807, 2.05) is 30.3 Å². The topological polar surface area (TPSA) is 27.1 Å². The molecule has 28 heavy (non-hydrogen) atoms. The van der Waals surface area contributed by atoms with Gasteiger partial charge in [-0.25, -0.2) is 4.98 Å². The van der Waals surface area contributed by atoms with E-state index in [0.29, 0.717) is 23.2 Å². The third kappa shape index (κ3) is 3.73. The lowest BCUT2D eigenvalue weighted by molar-refractivity contribution is 0.299. The van der Waals surface area contributed by atoms with Crippen LogP contribution in [0.15, 0.2) is 60.7 Å². The van der Waals surface area contributed by atoms with Crippen LogP contribution in [0.25, 0.3) is 22.4 Å². The van der Waals surface area contributed by atoms with E-state index in [4.69, 9.17) is 32.9 Å². The van der Waals surface area contributed by atoms with E-state index >= 15 is 0 Å². The standard InChI is InChI=1S/C23H20Cl2N2O/c1-15-7-8-16(2)22(13-15)28-12-11-27-21-6-4-3-5-20(21)26-23(27)18-10-9-17(24)14-19(18)25/h3-10,13-14H,11-12H2,1-2H3. The smallest absolute Gasteiger partial charge is 0.142 e. The zero-order chi connectivity index (χ0) is 19.7. The number of halogens is 2. The molecule has 3 aromatic carbocycles. The minimum atomic E-state index is 0.531. The van der Waals surface area contributed by atoms with Gasteiger partial charge in [0, 0.05) is 10.6 Å². The molecule has 0 saturated heterocycles. The minimum absolute atomic E-state index is 0.531. The Morgan fingerprint density at radius 3 is 2.61 bits per heavy atom. The van der Waals surface area contributed by atoms with Gasteiger partial charge in [-0.1, -0.05) is 47.5 Å². The van der Waals surface area contributed by atoms with Crippen LogP contribution in [0.5, 0.6) is 5.75 Å². The normalized spacial score (nSPS) is 11.1. The highest BCUT2D eigenvalue weighted by atomic mass is 35.5. The SMILES string of the molecule is Cc1ccc(C)c(OCCn2c(-c3ccc(Cl)cc3Cl)nc3ccccc32)c1. The summed E-state index contributed by atoms with van der Waals surface area (Å²) in [6, 6.07) is 19.8. The number of hydrogen-bond donors (Lipinski definition) is 0. The van der Waals surface area contributed by atoms with Crippen LogP contribution < -0.4 is 4.74 Å². The van der Waals surface area contributed by atoms with Crippen molar-refractivity contribution < 1.29 is 4.74 Å². The quantitative estimate of drug-likeness (QED) is 0.365. The molecule has 0 radical (unpaired) electrons. The van der Waals surface area contributed by atoms with Gasteiger partial charge in [0.05, 0.1) is 22.6 Å². The minimum Gasteiger partial charge on any atom is -0.491 e. The first-order chi connectivity index (χ1) is 13.5. The maximum absolute atomic E-state index is 6.46. The molecule has 142 valence electrons. The molecule has 1 aromatic heterocycles. The van der Waals surface area contributed by atoms with Crippen LogP contribution in [0.3, 0.4) is 0 Å². The molecule has 0 atom stereocenters. The Morgan fingerprint density at radius 1 is 0.964 bits per heavy atom. The van der Waals surface area contributed by atoms with Crippen LogP contribution in [0, 0.1) is 13.8 Å². The van der Waals surface area contributed by atoms with E-state index in [1.54, 1.807) is 6.07 Å². The van der Waals surface area contributed by atoms with Crippen LogP contribution in [0.1, 0.15) is 11.1 Å². The number of fused-ring (bicyclic) bond motifs is 1. The zero-order valence-corrected chi connectivity index (χ0v) is 17.3. The molecule has 0 aliphatic rings. The van der Waals surface area contributed by atoms with Crippen LogP contribution in [-0.2, 0) is 6.54 Å². The molecule has 0 fully saturated rings. The van der Waals surface area contributed by atoms with Crippen molar-refractivity contribution in [1.29, 1.82) is 0 Å². The van der Waals surface area contributed by atoms with Gasteiger partial charge in [0.25, 0.3) is 0 Å². The van der Waals surface area contributed by atoms with Crippen LogP contribution in [0.4, 0.5) is 0 Å². The summed E-state index contributed by atoms with van der Waals surface area (Å²) in [7, 11) is 0. The molecule has 0 aliphatic carbocycles. The summed E-state index contributed by atoms with van der Waals surface area (Å²) >= 11 is 12.5. The van der Waals surface area contributed by atoms with E-state index in [-0.39, 0.29) is 0 Å². The number of imidazole rings is 1. The van der Waals surface area contributed by atoms with Crippen LogP contribution in [-0.4, -0.2) is 16.2 Å². The van der Waals surface area contributed by atoms with Crippen molar-refractivity contribution in [3.05, 3.63) is 81.8 Å². The molecule has 4 aromatic rings. The van der Waals surface area contributed by atoms with Crippen molar-refractivity contribution in [1.82, 2.24) is 9.55 Å². The van der Waals surface area contributed by atoms with Gasteiger partial charge in [0.2, 0.25) is 0 Å². The average molecular weight is 411 g/mol. The summed E-state index contributed by atoms with van der Waals surface area (Å²) in [5, 5.41) is 1.19. The van der Waals surface area contributed by atoms with E-state index in [9.17, 15) is 0 Å². The second-order valence-electron chi connectivity index (χ2n) is 6.82. The Hall–Kier alpha value is -2.49. The summed E-state index contributed by atoms with van der Waals surface area (Å²) in [6.07, 6.45) is 0. The van der Waals surface area contributed by atoms with E-state index in [0.717, 1.165) is 33.7 Å². The van der Waals surface area contributed by atoms with Gasteiger partial charge in [-0.2, -0.15) is 0 Å². The van der Waals surface area contributed by atoms with Gasteiger partial charge in [-0.05, 0) is 61.4 Å². The van der Waals surface area contributed by atoms with Gasteiger partial charge in [0.15, 0.2) is 0 Å². The number of aryl methyl sites for hydroxylation is 2. The van der Waals surface area contributed by atoms with E-state index in [1.165, 1.54) is 5.56 Å². The molecule has 4 rings (SSSR count). The Kier molecular flexibility index (Phi) is 5.29. The second kappa shape index (κ2) is 7.86. The molecule has 3 nitrogen and oxygen atoms in total. The Labute approximate surface area is 174 Å². The monoisotopic (exact) mass is 410 g/mol. The van der Waals surface area contributed by atoms with Crippen molar-refractivity contribution in [2.45, 2.75) is 20.4 Å². The molecule has 5 heteroatoms. The lowest BCUT2D eigenvalue weighted by atomic mass is 10.1. The van der Waals surface area contributed by atoms with Crippen molar-refractivity contribution >= 4 is 34.2 Å². The highest BCUT2D eigenvalue weighted by molar-refractivity contribution is 6.36. The first-order valence-corrected chi connectivity index (χ1v) is 9.89. The molecular formula is C23H20Cl2N2O. The second-order valence-corrected chi connectivity index (χ2v) is 7.66. The maximum Gasteiger partial charge on any atom is 0.142 e. The summed E-state index contributed by atoms with van der Waals surface area (Å²) in [5.41, 5.74) is 5.14. The highest BCUT2D eigenvalue weighted by Crippen LogP contribution is 2.32. The molecule has 0 spiro atoms. The van der Waals surface area contributed by atoms with Crippen molar-refractivity contribution in [3.8, 4) is 17.1 Å². The number of benzene rings is 3. The Balaban J connectivity index is 1.68. The third-order valence-corrected chi connectivity index (χ3v) is 5.29. The molecule has 0 aliphatic heterocycles. The number of para-hydroxylation sites is 2. The Morgan fingerprint density at radius 2 is 1.79 bits per heavy atom. The molecule has 0 N–H and O–H groups in total. The van der Waals surface area contributed by atoms with Crippen LogP contribution >= 0.6 is 23.2 Å². The van der Waals surface area contributed by atoms with Crippen molar-refractivity contribution in [2.75, 3.05) is 6.61 Å². The summed E-state index contributed by atoms with van der Waals surface area (Å²) in [4.78, 5) is 4.81. The summed E-state index contributed by atoms with van der Waals surface area (Å²) in [6.45, 7) is 5.31. The average Bonchev–Trinajstić information content (AvgIpc) is 3.03. The predicted octanol–water partition coefficient (Wildman–Crippen LogP) is 6.71. The van der Waals surface area contributed by atoms with Gasteiger partial charge >= 0.3 is 0 Å². The lowest BCUT2D eigenvalue weighted by Gasteiger charge is -2.13. The summed E-state index contributed by atoms with van der Waals surface area (Å²) < 4.78 is 8.23. The molecule has 0 bridgehead atoms. The molecule has 0 unspecified atom stereocenters. The molecule has 1 heterocycles. The van der Waals surface area contributed by atoms with Crippen LogP contribution in [0.2, 0.25) is 10.0 Å². The van der Waals surface area contributed by atoms with Gasteiger partial charge < -0.3 is 9.30 Å². The Bertz CT molecular complexity index is 1150. The number of nitrogens with zero attached hydrogens (tertiary/aromatic N) is 2. The fourth-order valence-electron chi connectivity index (χ4n) is 3.29. The number of hydrogen-bond acceptors (Lipinski definition) is 2. The first-order valence-electron chi connectivity index (χ1n) is 9.13. The van der Waals surface area contributed by atoms with Gasteiger partial charge in [-0.3, -0.25) is 0 Å². The zero-order valence-electron chi connectivity index (χ0n) is 15.7. The number of rotatable bonds is 5. The van der Waals surface area contributed by atoms with Crippen molar-refractivity contribution in [2.24, 2.45) is 0 Å². The largest absolute Gasteiger partial charge is 0.491 e. The van der Waals surface area contributed by atoms with Crippen molar-refractivity contribution in [3.63, 3.8) is 0 Å². The van der Waals surface area contributed by atoms with Gasteiger partial charge in [-0.15, -0.1) is 0 Å². The first kappa shape index (κ1) is 18.9. The molecule has 0 saturated carbocycles. The fraction of sp³-hybridized carbons (Fsp3) is 0.174. The highest BCUT2D eigenvalue weighted by Gasteiger charge is 2.15. The third-order valence-electron chi connectivity index (χ3n) is 4.74. The maximum atomic E-state index is 6.46. The van der Waals surface area contributed by atoms with E-state index in [2.05, 4.69) is 42.7 Å². The molecular weight excluding hydrogens is 391 g/mol. The number of aromatic nitrogens is 2. The lowest BCUT2D eigenvalue weighted by Crippen LogP contribution is -2.10. The molecule has 0 amide bonds. The summed E-state index contributed by atoms with van der Waals surface area (Å²) in [5.74, 6) is 1.72.